The van der Waals surface area contributed by atoms with Crippen LogP contribution in [0.3, 0.4) is 0 Å². The normalized spacial score (nSPS) is 11.9. The first-order valence-corrected chi connectivity index (χ1v) is 7.65. The molecule has 4 heteroatoms. The number of benzene rings is 2. The van der Waals surface area contributed by atoms with Crippen LogP contribution in [0.5, 0.6) is 0 Å². The molecule has 2 aromatic rings. The Labute approximate surface area is 136 Å². The number of carbonyl (C=O) groups is 1. The number of amides is 1. The minimum absolute atomic E-state index is 0.0212. The van der Waals surface area contributed by atoms with Gasteiger partial charge in [0, 0.05) is 25.1 Å². The van der Waals surface area contributed by atoms with Gasteiger partial charge >= 0.3 is 0 Å². The van der Waals surface area contributed by atoms with Crippen LogP contribution in [0.1, 0.15) is 23.7 Å². The van der Waals surface area contributed by atoms with Crippen molar-refractivity contribution in [2.24, 2.45) is 0 Å². The number of halogens is 1. The minimum atomic E-state index is -0.124. The van der Waals surface area contributed by atoms with E-state index in [1.807, 2.05) is 54.6 Å². The van der Waals surface area contributed by atoms with Crippen LogP contribution in [-0.2, 0) is 16.0 Å². The van der Waals surface area contributed by atoms with Gasteiger partial charge in [0.1, 0.15) is 0 Å². The number of nitrogens with one attached hydrogen (secondary N) is 1. The number of ether oxygens (including phenoxy) is 1. The smallest absolute Gasteiger partial charge is 0.220 e. The van der Waals surface area contributed by atoms with E-state index in [0.29, 0.717) is 24.4 Å². The number of aryl methyl sites for hydroxylation is 1. The third-order valence-electron chi connectivity index (χ3n) is 3.49. The van der Waals surface area contributed by atoms with E-state index in [1.165, 1.54) is 0 Å². The first-order valence-electron chi connectivity index (χ1n) is 7.28. The summed E-state index contributed by atoms with van der Waals surface area (Å²) in [4.78, 5) is 11.9. The molecule has 2 rings (SSSR count). The quantitative estimate of drug-likeness (QED) is 0.844. The summed E-state index contributed by atoms with van der Waals surface area (Å²) in [7, 11) is 1.65. The molecule has 1 N–H and O–H groups in total. The molecule has 0 aromatic heterocycles. The first kappa shape index (κ1) is 16.5. The van der Waals surface area contributed by atoms with E-state index in [-0.39, 0.29) is 12.0 Å². The molecule has 2 aromatic carbocycles. The zero-order chi connectivity index (χ0) is 15.8. The van der Waals surface area contributed by atoms with Gasteiger partial charge in [-0.25, -0.2) is 0 Å². The first-order chi connectivity index (χ1) is 10.7. The van der Waals surface area contributed by atoms with Crippen molar-refractivity contribution >= 4 is 17.5 Å². The highest BCUT2D eigenvalue weighted by molar-refractivity contribution is 6.30. The van der Waals surface area contributed by atoms with Crippen molar-refractivity contribution < 1.29 is 9.53 Å². The Kier molecular flexibility index (Phi) is 6.44. The molecule has 0 saturated heterocycles. The molecule has 0 saturated carbocycles. The molecule has 1 atom stereocenters. The van der Waals surface area contributed by atoms with E-state index in [9.17, 15) is 4.79 Å². The lowest BCUT2D eigenvalue weighted by Gasteiger charge is -2.16. The number of hydrogen-bond acceptors (Lipinski definition) is 2. The summed E-state index contributed by atoms with van der Waals surface area (Å²) in [6, 6.07) is 17.4. The van der Waals surface area contributed by atoms with Crippen molar-refractivity contribution in [2.75, 3.05) is 13.7 Å². The number of rotatable bonds is 7. The fourth-order valence-electron chi connectivity index (χ4n) is 2.21. The van der Waals surface area contributed by atoms with E-state index < -0.39 is 0 Å². The Balaban J connectivity index is 1.78. The molecule has 0 spiro atoms. The van der Waals surface area contributed by atoms with Gasteiger partial charge in [-0.3, -0.25) is 4.79 Å². The maximum Gasteiger partial charge on any atom is 0.220 e. The number of methoxy groups -OCH3 is 1. The van der Waals surface area contributed by atoms with Crippen LogP contribution in [0.15, 0.2) is 54.6 Å². The largest absolute Gasteiger partial charge is 0.375 e. The van der Waals surface area contributed by atoms with Gasteiger partial charge in [-0.15, -0.1) is 0 Å². The van der Waals surface area contributed by atoms with E-state index in [1.54, 1.807) is 7.11 Å². The Bertz CT molecular complexity index is 584. The van der Waals surface area contributed by atoms with Gasteiger partial charge < -0.3 is 10.1 Å². The monoisotopic (exact) mass is 317 g/mol. The SMILES string of the molecule is COC(CNC(=O)CCc1ccc(Cl)cc1)c1ccccc1. The standard InChI is InChI=1S/C18H20ClNO2/c1-22-17(15-5-3-2-4-6-15)13-20-18(21)12-9-14-7-10-16(19)11-8-14/h2-8,10-11,17H,9,12-13H2,1H3,(H,20,21). The van der Waals surface area contributed by atoms with E-state index >= 15 is 0 Å². The Morgan fingerprint density at radius 2 is 1.82 bits per heavy atom. The van der Waals surface area contributed by atoms with Gasteiger partial charge in [-0.05, 0) is 29.7 Å². The zero-order valence-electron chi connectivity index (χ0n) is 12.6. The third kappa shape index (κ3) is 5.17. The summed E-state index contributed by atoms with van der Waals surface area (Å²) in [6.45, 7) is 0.472. The maximum atomic E-state index is 11.9. The van der Waals surface area contributed by atoms with Crippen molar-refractivity contribution in [3.63, 3.8) is 0 Å². The molecule has 116 valence electrons. The fourth-order valence-corrected chi connectivity index (χ4v) is 2.33. The second-order valence-electron chi connectivity index (χ2n) is 5.07. The van der Waals surface area contributed by atoms with Crippen LogP contribution in [-0.4, -0.2) is 19.6 Å². The van der Waals surface area contributed by atoms with E-state index in [2.05, 4.69) is 5.32 Å². The molecule has 1 amide bonds. The van der Waals surface area contributed by atoms with Crippen LogP contribution in [0.2, 0.25) is 5.02 Å². The minimum Gasteiger partial charge on any atom is -0.375 e. The molecule has 0 aliphatic heterocycles. The molecule has 22 heavy (non-hydrogen) atoms. The average Bonchev–Trinajstić information content (AvgIpc) is 2.56. The second-order valence-corrected chi connectivity index (χ2v) is 5.50. The maximum absolute atomic E-state index is 11.9. The van der Waals surface area contributed by atoms with E-state index in [4.69, 9.17) is 16.3 Å². The van der Waals surface area contributed by atoms with Crippen LogP contribution < -0.4 is 5.32 Å². The molecule has 0 bridgehead atoms. The van der Waals surface area contributed by atoms with Crippen molar-refractivity contribution in [2.45, 2.75) is 18.9 Å². The summed E-state index contributed by atoms with van der Waals surface area (Å²) in [6.07, 6.45) is 1.03. The second kappa shape index (κ2) is 8.57. The molecule has 0 fully saturated rings. The number of hydrogen-bond donors (Lipinski definition) is 1. The van der Waals surface area contributed by atoms with Gasteiger partial charge in [0.25, 0.3) is 0 Å². The topological polar surface area (TPSA) is 38.3 Å². The van der Waals surface area contributed by atoms with Gasteiger partial charge in [-0.2, -0.15) is 0 Å². The van der Waals surface area contributed by atoms with Crippen molar-refractivity contribution in [3.05, 3.63) is 70.7 Å². The van der Waals surface area contributed by atoms with Crippen LogP contribution in [0, 0.1) is 0 Å². The molecule has 0 aliphatic carbocycles. The zero-order valence-corrected chi connectivity index (χ0v) is 13.3. The molecule has 0 radical (unpaired) electrons. The summed E-state index contributed by atoms with van der Waals surface area (Å²) in [5.41, 5.74) is 2.16. The molecule has 1 unspecified atom stereocenters. The van der Waals surface area contributed by atoms with Gasteiger partial charge in [0.15, 0.2) is 0 Å². The van der Waals surface area contributed by atoms with Crippen molar-refractivity contribution in [1.82, 2.24) is 5.32 Å². The lowest BCUT2D eigenvalue weighted by molar-refractivity contribution is -0.121. The Hall–Kier alpha value is -1.84. The molecule has 3 nitrogen and oxygen atoms in total. The van der Waals surface area contributed by atoms with Gasteiger partial charge in [0.2, 0.25) is 5.91 Å². The van der Waals surface area contributed by atoms with Crippen LogP contribution in [0.25, 0.3) is 0 Å². The van der Waals surface area contributed by atoms with Crippen LogP contribution >= 0.6 is 11.6 Å². The number of carbonyl (C=O) groups excluding carboxylic acids is 1. The summed E-state index contributed by atoms with van der Waals surface area (Å²) in [5, 5.41) is 3.63. The van der Waals surface area contributed by atoms with E-state index in [0.717, 1.165) is 11.1 Å². The summed E-state index contributed by atoms with van der Waals surface area (Å²) >= 11 is 5.84. The third-order valence-corrected chi connectivity index (χ3v) is 3.75. The predicted octanol–water partition coefficient (Wildman–Crippen LogP) is 3.78. The summed E-state index contributed by atoms with van der Waals surface area (Å²) in [5.74, 6) is 0.0212. The fraction of sp³-hybridized carbons (Fsp3) is 0.278. The summed E-state index contributed by atoms with van der Waals surface area (Å²) < 4.78 is 5.43. The molecular weight excluding hydrogens is 298 g/mol. The molecular formula is C18H20ClNO2. The highest BCUT2D eigenvalue weighted by Gasteiger charge is 2.11. The van der Waals surface area contributed by atoms with Gasteiger partial charge in [0.05, 0.1) is 6.10 Å². The molecule has 0 aliphatic rings. The van der Waals surface area contributed by atoms with Crippen molar-refractivity contribution in [3.8, 4) is 0 Å². The predicted molar refractivity (Wildman–Crippen MR) is 89.0 cm³/mol. The lowest BCUT2D eigenvalue weighted by Crippen LogP contribution is -2.29. The lowest BCUT2D eigenvalue weighted by atomic mass is 10.1. The Morgan fingerprint density at radius 1 is 1.14 bits per heavy atom. The van der Waals surface area contributed by atoms with Crippen molar-refractivity contribution in [1.29, 1.82) is 0 Å². The Morgan fingerprint density at radius 3 is 2.45 bits per heavy atom. The van der Waals surface area contributed by atoms with Gasteiger partial charge in [-0.1, -0.05) is 54.1 Å². The van der Waals surface area contributed by atoms with Crippen LogP contribution in [0.4, 0.5) is 0 Å². The molecule has 0 heterocycles. The highest BCUT2D eigenvalue weighted by atomic mass is 35.5. The highest BCUT2D eigenvalue weighted by Crippen LogP contribution is 2.15. The average molecular weight is 318 g/mol.